The first-order chi connectivity index (χ1) is 12.1. The standard InChI is InChI=1S/C15H20N6O4/c1-21-11(14(22)24-2)8-13(20-21)17-15(23)16-12-7-10(18-19-12)9-3-5-25-6-4-9/h7-9H,3-6H2,1-2H3,(H3,16,17,18,19,20,23). The average Bonchev–Trinajstić information content (AvgIpc) is 3.21. The van der Waals surface area contributed by atoms with Gasteiger partial charge >= 0.3 is 12.0 Å². The lowest BCUT2D eigenvalue weighted by atomic mass is 9.97. The highest BCUT2D eigenvalue weighted by atomic mass is 16.5. The second-order valence-electron chi connectivity index (χ2n) is 5.70. The first-order valence-electron chi connectivity index (χ1n) is 7.90. The number of esters is 1. The monoisotopic (exact) mass is 348 g/mol. The molecule has 0 saturated carbocycles. The van der Waals surface area contributed by atoms with Gasteiger partial charge in [0.2, 0.25) is 0 Å². The molecule has 3 heterocycles. The van der Waals surface area contributed by atoms with E-state index in [1.54, 1.807) is 7.05 Å². The molecule has 10 nitrogen and oxygen atoms in total. The minimum absolute atomic E-state index is 0.236. The lowest BCUT2D eigenvalue weighted by Crippen LogP contribution is -2.20. The number of carbonyl (C=O) groups is 2. The average molecular weight is 348 g/mol. The molecular weight excluding hydrogens is 328 g/mol. The number of methoxy groups -OCH3 is 1. The summed E-state index contributed by atoms with van der Waals surface area (Å²) in [6.07, 6.45) is 1.86. The molecule has 25 heavy (non-hydrogen) atoms. The summed E-state index contributed by atoms with van der Waals surface area (Å²) in [7, 11) is 2.87. The summed E-state index contributed by atoms with van der Waals surface area (Å²) in [6.45, 7) is 1.46. The number of aromatic amines is 1. The number of amides is 2. The van der Waals surface area contributed by atoms with Crippen LogP contribution in [0.4, 0.5) is 16.4 Å². The van der Waals surface area contributed by atoms with Crippen LogP contribution in [0.25, 0.3) is 0 Å². The maximum atomic E-state index is 12.1. The van der Waals surface area contributed by atoms with Crippen LogP contribution in [0.5, 0.6) is 0 Å². The van der Waals surface area contributed by atoms with Crippen molar-refractivity contribution in [1.29, 1.82) is 0 Å². The number of anilines is 2. The normalized spacial score (nSPS) is 15.0. The Labute approximate surface area is 143 Å². The van der Waals surface area contributed by atoms with Crippen molar-refractivity contribution >= 4 is 23.6 Å². The molecule has 1 saturated heterocycles. The first kappa shape index (κ1) is 17.0. The van der Waals surface area contributed by atoms with Crippen LogP contribution < -0.4 is 10.6 Å². The molecule has 0 aliphatic carbocycles. The van der Waals surface area contributed by atoms with E-state index in [1.807, 2.05) is 6.07 Å². The van der Waals surface area contributed by atoms with Gasteiger partial charge in [-0.1, -0.05) is 0 Å². The second kappa shape index (κ2) is 7.34. The largest absolute Gasteiger partial charge is 0.464 e. The summed E-state index contributed by atoms with van der Waals surface area (Å²) in [6, 6.07) is 2.75. The van der Waals surface area contributed by atoms with E-state index >= 15 is 0 Å². The van der Waals surface area contributed by atoms with E-state index in [-0.39, 0.29) is 11.5 Å². The van der Waals surface area contributed by atoms with E-state index in [4.69, 9.17) is 4.74 Å². The van der Waals surface area contributed by atoms with Crippen LogP contribution in [0.2, 0.25) is 0 Å². The molecule has 1 aliphatic heterocycles. The van der Waals surface area contributed by atoms with Crippen molar-refractivity contribution in [3.8, 4) is 0 Å². The van der Waals surface area contributed by atoms with Gasteiger partial charge in [-0.25, -0.2) is 9.59 Å². The number of rotatable bonds is 4. The quantitative estimate of drug-likeness (QED) is 0.719. The molecule has 10 heteroatoms. The van der Waals surface area contributed by atoms with E-state index < -0.39 is 12.0 Å². The Bertz CT molecular complexity index is 762. The first-order valence-corrected chi connectivity index (χ1v) is 7.90. The molecule has 134 valence electrons. The molecule has 3 rings (SSSR count). The Morgan fingerprint density at radius 1 is 1.28 bits per heavy atom. The third-order valence-corrected chi connectivity index (χ3v) is 4.02. The van der Waals surface area contributed by atoms with E-state index in [9.17, 15) is 9.59 Å². The van der Waals surface area contributed by atoms with Crippen LogP contribution in [0.3, 0.4) is 0 Å². The molecule has 0 spiro atoms. The maximum absolute atomic E-state index is 12.1. The van der Waals surface area contributed by atoms with Crippen molar-refractivity contribution < 1.29 is 19.1 Å². The number of ether oxygens (including phenoxy) is 2. The third kappa shape index (κ3) is 3.97. The molecule has 0 aromatic carbocycles. The molecule has 2 amide bonds. The Morgan fingerprint density at radius 2 is 2.00 bits per heavy atom. The number of urea groups is 1. The fourth-order valence-electron chi connectivity index (χ4n) is 2.71. The lowest BCUT2D eigenvalue weighted by Gasteiger charge is -2.20. The van der Waals surface area contributed by atoms with Crippen molar-refractivity contribution in [3.63, 3.8) is 0 Å². The molecular formula is C15H20N6O4. The number of hydrogen-bond donors (Lipinski definition) is 3. The second-order valence-corrected chi connectivity index (χ2v) is 5.70. The van der Waals surface area contributed by atoms with Gasteiger partial charge in [-0.15, -0.1) is 0 Å². The Morgan fingerprint density at radius 3 is 2.72 bits per heavy atom. The van der Waals surface area contributed by atoms with Crippen LogP contribution in [-0.4, -0.2) is 52.3 Å². The predicted molar refractivity (Wildman–Crippen MR) is 88.6 cm³/mol. The number of nitrogens with one attached hydrogen (secondary N) is 3. The van der Waals surface area contributed by atoms with Gasteiger partial charge in [0.05, 0.1) is 7.11 Å². The van der Waals surface area contributed by atoms with E-state index in [1.165, 1.54) is 17.9 Å². The molecule has 1 fully saturated rings. The molecule has 2 aromatic heterocycles. The molecule has 2 aromatic rings. The highest BCUT2D eigenvalue weighted by Crippen LogP contribution is 2.26. The zero-order valence-electron chi connectivity index (χ0n) is 14.0. The number of carbonyl (C=O) groups excluding carboxylic acids is 2. The van der Waals surface area contributed by atoms with Crippen molar-refractivity contribution in [2.24, 2.45) is 7.05 Å². The minimum atomic E-state index is -0.531. The topological polar surface area (TPSA) is 123 Å². The molecule has 0 radical (unpaired) electrons. The zero-order valence-corrected chi connectivity index (χ0v) is 14.0. The van der Waals surface area contributed by atoms with Crippen molar-refractivity contribution in [2.75, 3.05) is 31.0 Å². The molecule has 0 bridgehead atoms. The minimum Gasteiger partial charge on any atom is -0.464 e. The highest BCUT2D eigenvalue weighted by molar-refractivity contribution is 5.99. The number of aromatic nitrogens is 4. The molecule has 3 N–H and O–H groups in total. The van der Waals surface area contributed by atoms with Crippen LogP contribution >= 0.6 is 0 Å². The summed E-state index contributed by atoms with van der Waals surface area (Å²) < 4.78 is 11.3. The van der Waals surface area contributed by atoms with Crippen LogP contribution in [0.1, 0.15) is 34.9 Å². The Hall–Kier alpha value is -2.88. The van der Waals surface area contributed by atoms with Gasteiger partial charge in [-0.3, -0.25) is 20.4 Å². The smallest absolute Gasteiger partial charge is 0.356 e. The summed E-state index contributed by atoms with van der Waals surface area (Å²) >= 11 is 0. The summed E-state index contributed by atoms with van der Waals surface area (Å²) in [5.74, 6) is 0.485. The fourth-order valence-corrected chi connectivity index (χ4v) is 2.71. The van der Waals surface area contributed by atoms with Crippen LogP contribution in [0, 0.1) is 0 Å². The van der Waals surface area contributed by atoms with Gasteiger partial charge in [0, 0.05) is 44.0 Å². The number of nitrogens with zero attached hydrogens (tertiary/aromatic N) is 3. The van der Waals surface area contributed by atoms with E-state index in [2.05, 4.69) is 30.7 Å². The van der Waals surface area contributed by atoms with E-state index in [0.29, 0.717) is 11.7 Å². The predicted octanol–water partition coefficient (Wildman–Crippen LogP) is 1.47. The number of H-pyrrole nitrogens is 1. The molecule has 1 aliphatic rings. The van der Waals surface area contributed by atoms with Crippen LogP contribution in [0.15, 0.2) is 12.1 Å². The SMILES string of the molecule is COC(=O)c1cc(NC(=O)Nc2cc(C3CCOCC3)[nH]n2)nn1C. The van der Waals surface area contributed by atoms with Crippen molar-refractivity contribution in [3.05, 3.63) is 23.5 Å². The van der Waals surface area contributed by atoms with Gasteiger partial charge in [0.25, 0.3) is 0 Å². The van der Waals surface area contributed by atoms with Gasteiger partial charge in [0.1, 0.15) is 5.69 Å². The number of aryl methyl sites for hydroxylation is 1. The number of hydrogen-bond acceptors (Lipinski definition) is 6. The zero-order chi connectivity index (χ0) is 17.8. The maximum Gasteiger partial charge on any atom is 0.356 e. The summed E-state index contributed by atoms with van der Waals surface area (Å²) in [5, 5.41) is 16.3. The Kier molecular flexibility index (Phi) is 4.98. The van der Waals surface area contributed by atoms with Crippen molar-refractivity contribution in [2.45, 2.75) is 18.8 Å². The van der Waals surface area contributed by atoms with Gasteiger partial charge in [-0.2, -0.15) is 10.2 Å². The summed E-state index contributed by atoms with van der Waals surface area (Å²) in [5.41, 5.74) is 1.21. The Balaban J connectivity index is 1.59. The van der Waals surface area contributed by atoms with Gasteiger partial charge in [-0.05, 0) is 12.8 Å². The van der Waals surface area contributed by atoms with Crippen LogP contribution in [-0.2, 0) is 16.5 Å². The van der Waals surface area contributed by atoms with Crippen molar-refractivity contribution in [1.82, 2.24) is 20.0 Å². The summed E-state index contributed by atoms with van der Waals surface area (Å²) in [4.78, 5) is 23.6. The lowest BCUT2D eigenvalue weighted by molar-refractivity contribution is 0.0588. The molecule has 0 atom stereocenters. The van der Waals surface area contributed by atoms with Gasteiger partial charge < -0.3 is 9.47 Å². The third-order valence-electron chi connectivity index (χ3n) is 4.02. The molecule has 0 unspecified atom stereocenters. The van der Waals surface area contributed by atoms with E-state index in [0.717, 1.165) is 31.7 Å². The van der Waals surface area contributed by atoms with Gasteiger partial charge in [0.15, 0.2) is 11.6 Å². The highest BCUT2D eigenvalue weighted by Gasteiger charge is 2.19. The fraction of sp³-hybridized carbons (Fsp3) is 0.467.